The summed E-state index contributed by atoms with van der Waals surface area (Å²) < 4.78 is 0. The first kappa shape index (κ1) is 14.3. The van der Waals surface area contributed by atoms with E-state index in [-0.39, 0.29) is 11.7 Å². The van der Waals surface area contributed by atoms with Crippen LogP contribution in [0.15, 0.2) is 18.2 Å². The molecule has 19 heavy (non-hydrogen) atoms. The number of aliphatic hydroxyl groups excluding tert-OH is 1. The summed E-state index contributed by atoms with van der Waals surface area (Å²) in [6.07, 6.45) is -0.476. The van der Waals surface area contributed by atoms with E-state index in [0.717, 1.165) is 43.9 Å². The molecule has 0 amide bonds. The van der Waals surface area contributed by atoms with Gasteiger partial charge in [-0.3, -0.25) is 0 Å². The molecule has 1 fully saturated rings. The summed E-state index contributed by atoms with van der Waals surface area (Å²) in [7, 11) is 0. The van der Waals surface area contributed by atoms with Gasteiger partial charge in [0.05, 0.1) is 6.10 Å². The van der Waals surface area contributed by atoms with Crippen LogP contribution in [0.1, 0.15) is 24.2 Å². The average molecular weight is 264 g/mol. The van der Waals surface area contributed by atoms with Crippen LogP contribution >= 0.6 is 0 Å². The molecule has 0 spiro atoms. The van der Waals surface area contributed by atoms with Crippen LogP contribution < -0.4 is 5.32 Å². The van der Waals surface area contributed by atoms with E-state index in [1.165, 1.54) is 0 Å². The van der Waals surface area contributed by atoms with Crippen molar-refractivity contribution >= 4 is 0 Å². The Bertz CT molecular complexity index is 417. The highest BCUT2D eigenvalue weighted by molar-refractivity contribution is 5.35. The zero-order valence-corrected chi connectivity index (χ0v) is 11.8. The summed E-state index contributed by atoms with van der Waals surface area (Å²) in [6, 6.07) is 5.17. The molecule has 0 aliphatic carbocycles. The second-order valence-corrected chi connectivity index (χ2v) is 5.51. The third kappa shape index (κ3) is 3.69. The molecular weight excluding hydrogens is 240 g/mol. The number of piperazine rings is 1. The molecule has 1 aliphatic heterocycles. The molecule has 2 rings (SSSR count). The molecule has 4 nitrogen and oxygen atoms in total. The molecule has 106 valence electrons. The van der Waals surface area contributed by atoms with Crippen molar-refractivity contribution in [1.29, 1.82) is 0 Å². The van der Waals surface area contributed by atoms with Crippen molar-refractivity contribution < 1.29 is 10.2 Å². The van der Waals surface area contributed by atoms with E-state index in [9.17, 15) is 10.2 Å². The van der Waals surface area contributed by atoms with Gasteiger partial charge >= 0.3 is 0 Å². The van der Waals surface area contributed by atoms with E-state index in [1.807, 2.05) is 13.0 Å². The van der Waals surface area contributed by atoms with Gasteiger partial charge in [-0.05, 0) is 36.1 Å². The summed E-state index contributed by atoms with van der Waals surface area (Å²) in [6.45, 7) is 9.07. The lowest BCUT2D eigenvalue weighted by Crippen LogP contribution is -2.45. The van der Waals surface area contributed by atoms with Crippen LogP contribution in [0.4, 0.5) is 0 Å². The van der Waals surface area contributed by atoms with Crippen LogP contribution in [0.5, 0.6) is 5.75 Å². The fraction of sp³-hybridized carbons (Fsp3) is 0.600. The molecule has 2 atom stereocenters. The van der Waals surface area contributed by atoms with Crippen LogP contribution in [-0.2, 0) is 0 Å². The Hall–Kier alpha value is -1.10. The van der Waals surface area contributed by atoms with Gasteiger partial charge in [-0.15, -0.1) is 0 Å². The maximum Gasteiger partial charge on any atom is 0.115 e. The van der Waals surface area contributed by atoms with Gasteiger partial charge in [0.25, 0.3) is 0 Å². The van der Waals surface area contributed by atoms with Crippen LogP contribution in [-0.4, -0.2) is 47.8 Å². The predicted octanol–water partition coefficient (Wildman–Crippen LogP) is 1.28. The van der Waals surface area contributed by atoms with Gasteiger partial charge in [-0.1, -0.05) is 13.0 Å². The normalized spacial score (nSPS) is 20.2. The topological polar surface area (TPSA) is 55.7 Å². The molecule has 1 heterocycles. The minimum atomic E-state index is -0.476. The second kappa shape index (κ2) is 6.37. The number of hydrogen-bond acceptors (Lipinski definition) is 4. The number of nitrogens with zero attached hydrogens (tertiary/aromatic N) is 1. The van der Waals surface area contributed by atoms with Gasteiger partial charge < -0.3 is 20.4 Å². The first-order valence-electron chi connectivity index (χ1n) is 6.98. The highest BCUT2D eigenvalue weighted by Gasteiger charge is 2.21. The lowest BCUT2D eigenvalue weighted by Gasteiger charge is -2.31. The standard InChI is InChI=1S/C15H24N2O2/c1-11-9-13(18)3-4-14(11)15(19)12(2)10-17-7-5-16-6-8-17/h3-4,9,12,15-16,18-19H,5-8,10H2,1-2H3. The number of nitrogens with one attached hydrogen (secondary N) is 1. The molecule has 1 aromatic rings. The van der Waals surface area contributed by atoms with Gasteiger partial charge in [0.2, 0.25) is 0 Å². The van der Waals surface area contributed by atoms with Gasteiger partial charge in [0.1, 0.15) is 5.75 Å². The molecule has 0 radical (unpaired) electrons. The lowest BCUT2D eigenvalue weighted by atomic mass is 9.93. The van der Waals surface area contributed by atoms with E-state index in [2.05, 4.69) is 17.1 Å². The lowest BCUT2D eigenvalue weighted by molar-refractivity contribution is 0.0837. The van der Waals surface area contributed by atoms with Crippen molar-refractivity contribution in [2.45, 2.75) is 20.0 Å². The van der Waals surface area contributed by atoms with Crippen molar-refractivity contribution in [3.05, 3.63) is 29.3 Å². The van der Waals surface area contributed by atoms with Crippen LogP contribution in [0, 0.1) is 12.8 Å². The van der Waals surface area contributed by atoms with Crippen molar-refractivity contribution in [1.82, 2.24) is 10.2 Å². The number of hydrogen-bond donors (Lipinski definition) is 3. The van der Waals surface area contributed by atoms with Crippen molar-refractivity contribution in [3.63, 3.8) is 0 Å². The quantitative estimate of drug-likeness (QED) is 0.767. The number of benzene rings is 1. The fourth-order valence-corrected chi connectivity index (χ4v) is 2.70. The highest BCUT2D eigenvalue weighted by Crippen LogP contribution is 2.27. The van der Waals surface area contributed by atoms with Gasteiger partial charge in [-0.25, -0.2) is 0 Å². The molecular formula is C15H24N2O2. The monoisotopic (exact) mass is 264 g/mol. The van der Waals surface area contributed by atoms with E-state index in [0.29, 0.717) is 0 Å². The predicted molar refractivity (Wildman–Crippen MR) is 76.3 cm³/mol. The van der Waals surface area contributed by atoms with Crippen LogP contribution in [0.3, 0.4) is 0 Å². The summed E-state index contributed by atoms with van der Waals surface area (Å²) in [5.74, 6) is 0.435. The van der Waals surface area contributed by atoms with E-state index >= 15 is 0 Å². The minimum Gasteiger partial charge on any atom is -0.508 e. The number of rotatable bonds is 4. The minimum absolute atomic E-state index is 0.182. The molecule has 4 heteroatoms. The smallest absolute Gasteiger partial charge is 0.115 e. The maximum atomic E-state index is 10.5. The summed E-state index contributed by atoms with van der Waals surface area (Å²) in [4.78, 5) is 2.39. The third-order valence-corrected chi connectivity index (χ3v) is 3.87. The highest BCUT2D eigenvalue weighted by atomic mass is 16.3. The van der Waals surface area contributed by atoms with Crippen molar-refractivity contribution in [2.24, 2.45) is 5.92 Å². The summed E-state index contributed by atoms with van der Waals surface area (Å²) in [5.41, 5.74) is 1.86. The molecule has 1 aromatic carbocycles. The second-order valence-electron chi connectivity index (χ2n) is 5.51. The van der Waals surface area contributed by atoms with Gasteiger partial charge in [0, 0.05) is 32.7 Å². The number of phenolic OH excluding ortho intramolecular Hbond substituents is 1. The Morgan fingerprint density at radius 3 is 2.63 bits per heavy atom. The Morgan fingerprint density at radius 1 is 1.32 bits per heavy atom. The van der Waals surface area contributed by atoms with Crippen LogP contribution in [0.25, 0.3) is 0 Å². The number of aryl methyl sites for hydroxylation is 1. The summed E-state index contributed by atoms with van der Waals surface area (Å²) in [5, 5.41) is 23.2. The van der Waals surface area contributed by atoms with E-state index in [4.69, 9.17) is 0 Å². The number of aromatic hydroxyl groups is 1. The SMILES string of the molecule is Cc1cc(O)ccc1C(O)C(C)CN1CCNCC1. The maximum absolute atomic E-state index is 10.5. The summed E-state index contributed by atoms with van der Waals surface area (Å²) >= 11 is 0. The van der Waals surface area contributed by atoms with Gasteiger partial charge in [0.15, 0.2) is 0 Å². The molecule has 0 bridgehead atoms. The van der Waals surface area contributed by atoms with Gasteiger partial charge in [-0.2, -0.15) is 0 Å². The Labute approximate surface area is 115 Å². The Kier molecular flexibility index (Phi) is 4.80. The number of aliphatic hydroxyl groups is 1. The fourth-order valence-electron chi connectivity index (χ4n) is 2.70. The zero-order valence-electron chi connectivity index (χ0n) is 11.8. The third-order valence-electron chi connectivity index (χ3n) is 3.87. The average Bonchev–Trinajstić information content (AvgIpc) is 2.39. The van der Waals surface area contributed by atoms with E-state index in [1.54, 1.807) is 12.1 Å². The van der Waals surface area contributed by atoms with Crippen molar-refractivity contribution in [2.75, 3.05) is 32.7 Å². The number of phenols is 1. The largest absolute Gasteiger partial charge is 0.508 e. The zero-order chi connectivity index (χ0) is 13.8. The molecule has 1 aliphatic rings. The van der Waals surface area contributed by atoms with Crippen molar-refractivity contribution in [3.8, 4) is 5.75 Å². The van der Waals surface area contributed by atoms with Crippen LogP contribution in [0.2, 0.25) is 0 Å². The Balaban J connectivity index is 1.99. The van der Waals surface area contributed by atoms with E-state index < -0.39 is 6.10 Å². The first-order valence-corrected chi connectivity index (χ1v) is 6.98. The molecule has 1 saturated heterocycles. The molecule has 2 unspecified atom stereocenters. The molecule has 0 saturated carbocycles. The molecule has 3 N–H and O–H groups in total. The Morgan fingerprint density at radius 2 is 2.00 bits per heavy atom. The molecule has 0 aromatic heterocycles. The first-order chi connectivity index (χ1) is 9.08.